The maximum Gasteiger partial charge on any atom is 0.255 e. The van der Waals surface area contributed by atoms with E-state index in [1.807, 2.05) is 4.90 Å². The summed E-state index contributed by atoms with van der Waals surface area (Å²) in [5.74, 6) is 0.712. The summed E-state index contributed by atoms with van der Waals surface area (Å²) < 4.78 is 0.771. The topological polar surface area (TPSA) is 32.3 Å². The highest BCUT2D eigenvalue weighted by Gasteiger charge is 2.36. The van der Waals surface area contributed by atoms with E-state index in [-0.39, 0.29) is 5.91 Å². The van der Waals surface area contributed by atoms with E-state index in [2.05, 4.69) is 21.2 Å². The Hall–Kier alpha value is -0.580. The molecule has 3 nitrogen and oxygen atoms in total. The zero-order chi connectivity index (χ0) is 13.4. The molecule has 3 rings (SSSR count). The molecule has 2 saturated heterocycles. The summed E-state index contributed by atoms with van der Waals surface area (Å²) in [7, 11) is 0. The number of nitrogens with one attached hydrogen (secondary N) is 1. The minimum atomic E-state index is 0.0970. The standard InChI is InChI=1S/C14H16BrClN2O/c15-12-6-10(16)3-4-11(12)14(19)18-7-9-2-1-5-17-13(9)8-18/h3-4,6,9,13,17H,1-2,5,7-8H2. The van der Waals surface area contributed by atoms with Gasteiger partial charge < -0.3 is 10.2 Å². The Morgan fingerprint density at radius 2 is 2.26 bits per heavy atom. The van der Waals surface area contributed by atoms with Crippen LogP contribution in [0.1, 0.15) is 23.2 Å². The molecule has 0 saturated carbocycles. The zero-order valence-corrected chi connectivity index (χ0v) is 12.9. The normalized spacial score (nSPS) is 26.3. The van der Waals surface area contributed by atoms with Gasteiger partial charge in [-0.3, -0.25) is 4.79 Å². The third kappa shape index (κ3) is 2.67. The predicted octanol–water partition coefficient (Wildman–Crippen LogP) is 2.93. The van der Waals surface area contributed by atoms with E-state index >= 15 is 0 Å². The first-order chi connectivity index (χ1) is 9.15. The summed E-state index contributed by atoms with van der Waals surface area (Å²) in [5.41, 5.74) is 0.697. The first-order valence-corrected chi connectivity index (χ1v) is 7.80. The molecule has 1 amide bonds. The first kappa shape index (κ1) is 13.4. The fourth-order valence-corrected chi connectivity index (χ4v) is 3.90. The number of benzene rings is 1. The smallest absolute Gasteiger partial charge is 0.255 e. The summed E-state index contributed by atoms with van der Waals surface area (Å²) in [5, 5.41) is 4.15. The molecule has 2 heterocycles. The molecule has 0 aromatic heterocycles. The van der Waals surface area contributed by atoms with E-state index in [1.54, 1.807) is 18.2 Å². The van der Waals surface area contributed by atoms with E-state index < -0.39 is 0 Å². The molecule has 1 aromatic rings. The van der Waals surface area contributed by atoms with Crippen LogP contribution in [0.4, 0.5) is 0 Å². The Labute approximate surface area is 126 Å². The average Bonchev–Trinajstić information content (AvgIpc) is 2.81. The fraction of sp³-hybridized carbons (Fsp3) is 0.500. The van der Waals surface area contributed by atoms with Crippen molar-refractivity contribution in [2.75, 3.05) is 19.6 Å². The number of likely N-dealkylation sites (tertiary alicyclic amines) is 1. The highest BCUT2D eigenvalue weighted by atomic mass is 79.9. The number of piperidine rings is 1. The van der Waals surface area contributed by atoms with Crippen molar-refractivity contribution >= 4 is 33.4 Å². The number of nitrogens with zero attached hydrogens (tertiary/aromatic N) is 1. The van der Waals surface area contributed by atoms with Crippen LogP contribution < -0.4 is 5.32 Å². The number of carbonyl (C=O) groups excluding carboxylic acids is 1. The molecule has 5 heteroatoms. The lowest BCUT2D eigenvalue weighted by molar-refractivity contribution is 0.0785. The molecule has 2 atom stereocenters. The number of amides is 1. The molecule has 1 aromatic carbocycles. The Bertz CT molecular complexity index is 494. The molecule has 0 radical (unpaired) electrons. The molecule has 0 spiro atoms. The van der Waals surface area contributed by atoms with Crippen molar-refractivity contribution in [2.24, 2.45) is 5.92 Å². The molecule has 1 N–H and O–H groups in total. The van der Waals surface area contributed by atoms with Gasteiger partial charge in [0.05, 0.1) is 5.56 Å². The third-order valence-electron chi connectivity index (χ3n) is 4.05. The molecule has 2 unspecified atom stereocenters. The molecule has 2 aliphatic rings. The zero-order valence-electron chi connectivity index (χ0n) is 10.5. The molecular formula is C14H16BrClN2O. The van der Waals surface area contributed by atoms with Crippen LogP contribution in [0.3, 0.4) is 0 Å². The van der Waals surface area contributed by atoms with Crippen molar-refractivity contribution in [3.8, 4) is 0 Å². The van der Waals surface area contributed by atoms with Gasteiger partial charge in [0.15, 0.2) is 0 Å². The lowest BCUT2D eigenvalue weighted by Gasteiger charge is -2.24. The highest BCUT2D eigenvalue weighted by molar-refractivity contribution is 9.10. The van der Waals surface area contributed by atoms with E-state index in [1.165, 1.54) is 12.8 Å². The Kier molecular flexibility index (Phi) is 3.83. The van der Waals surface area contributed by atoms with Gasteiger partial charge in [0, 0.05) is 28.6 Å². The number of fused-ring (bicyclic) bond motifs is 1. The molecular weight excluding hydrogens is 328 g/mol. The quantitative estimate of drug-likeness (QED) is 0.850. The second kappa shape index (κ2) is 5.43. The number of halogens is 2. The lowest BCUT2D eigenvalue weighted by atomic mass is 9.94. The van der Waals surface area contributed by atoms with Crippen LogP contribution in [-0.2, 0) is 0 Å². The SMILES string of the molecule is O=C(c1ccc(Cl)cc1Br)N1CC2CCCNC2C1. The first-order valence-electron chi connectivity index (χ1n) is 6.63. The molecule has 19 heavy (non-hydrogen) atoms. The van der Waals surface area contributed by atoms with Crippen LogP contribution in [0, 0.1) is 5.92 Å². The van der Waals surface area contributed by atoms with Crippen LogP contribution in [0.2, 0.25) is 5.02 Å². The summed E-state index contributed by atoms with van der Waals surface area (Å²) in [6, 6.07) is 5.81. The maximum atomic E-state index is 12.5. The Morgan fingerprint density at radius 1 is 1.42 bits per heavy atom. The van der Waals surface area contributed by atoms with Gasteiger partial charge in [-0.1, -0.05) is 11.6 Å². The highest BCUT2D eigenvalue weighted by Crippen LogP contribution is 2.28. The summed E-state index contributed by atoms with van der Waals surface area (Å²) >= 11 is 9.34. The second-order valence-electron chi connectivity index (χ2n) is 5.30. The molecule has 102 valence electrons. The van der Waals surface area contributed by atoms with Gasteiger partial charge in [-0.15, -0.1) is 0 Å². The minimum absolute atomic E-state index is 0.0970. The summed E-state index contributed by atoms with van der Waals surface area (Å²) in [6.07, 6.45) is 2.44. The van der Waals surface area contributed by atoms with E-state index in [0.717, 1.165) is 24.1 Å². The monoisotopic (exact) mass is 342 g/mol. The van der Waals surface area contributed by atoms with Gasteiger partial charge in [0.1, 0.15) is 0 Å². The van der Waals surface area contributed by atoms with E-state index in [0.29, 0.717) is 22.5 Å². The largest absolute Gasteiger partial charge is 0.337 e. The summed E-state index contributed by atoms with van der Waals surface area (Å²) in [4.78, 5) is 14.5. The fourth-order valence-electron chi connectivity index (χ4n) is 3.05. The number of carbonyl (C=O) groups is 1. The number of hydrogen-bond acceptors (Lipinski definition) is 2. The van der Waals surface area contributed by atoms with Gasteiger partial charge in [-0.25, -0.2) is 0 Å². The number of hydrogen-bond donors (Lipinski definition) is 1. The number of rotatable bonds is 1. The van der Waals surface area contributed by atoms with Gasteiger partial charge in [0.25, 0.3) is 5.91 Å². The molecule has 2 fully saturated rings. The second-order valence-corrected chi connectivity index (χ2v) is 6.59. The van der Waals surface area contributed by atoms with Crippen molar-refractivity contribution in [1.82, 2.24) is 10.2 Å². The van der Waals surface area contributed by atoms with Crippen LogP contribution in [0.15, 0.2) is 22.7 Å². The van der Waals surface area contributed by atoms with Crippen molar-refractivity contribution in [2.45, 2.75) is 18.9 Å². The van der Waals surface area contributed by atoms with Crippen molar-refractivity contribution < 1.29 is 4.79 Å². The van der Waals surface area contributed by atoms with Gasteiger partial charge in [-0.2, -0.15) is 0 Å². The van der Waals surface area contributed by atoms with Crippen LogP contribution in [-0.4, -0.2) is 36.5 Å². The molecule has 0 aliphatic carbocycles. The van der Waals surface area contributed by atoms with Gasteiger partial charge >= 0.3 is 0 Å². The Balaban J connectivity index is 1.77. The van der Waals surface area contributed by atoms with Crippen LogP contribution in [0.5, 0.6) is 0 Å². The lowest BCUT2D eigenvalue weighted by Crippen LogP contribution is -2.41. The van der Waals surface area contributed by atoms with Gasteiger partial charge in [-0.05, 0) is 59.4 Å². The molecule has 2 aliphatic heterocycles. The van der Waals surface area contributed by atoms with E-state index in [4.69, 9.17) is 11.6 Å². The van der Waals surface area contributed by atoms with Crippen molar-refractivity contribution in [1.29, 1.82) is 0 Å². The van der Waals surface area contributed by atoms with Crippen molar-refractivity contribution in [3.05, 3.63) is 33.3 Å². The third-order valence-corrected chi connectivity index (χ3v) is 4.94. The average molecular weight is 344 g/mol. The van der Waals surface area contributed by atoms with Gasteiger partial charge in [0.2, 0.25) is 0 Å². The van der Waals surface area contributed by atoms with Crippen LogP contribution >= 0.6 is 27.5 Å². The van der Waals surface area contributed by atoms with Crippen LogP contribution in [0.25, 0.3) is 0 Å². The Morgan fingerprint density at radius 3 is 3.00 bits per heavy atom. The maximum absolute atomic E-state index is 12.5. The van der Waals surface area contributed by atoms with E-state index in [9.17, 15) is 4.79 Å². The molecule has 0 bridgehead atoms. The summed E-state index contributed by atoms with van der Waals surface area (Å²) in [6.45, 7) is 2.76. The minimum Gasteiger partial charge on any atom is -0.337 e. The van der Waals surface area contributed by atoms with Crippen molar-refractivity contribution in [3.63, 3.8) is 0 Å². The predicted molar refractivity (Wildman–Crippen MR) is 79.6 cm³/mol.